The van der Waals surface area contributed by atoms with Crippen molar-refractivity contribution in [3.63, 3.8) is 0 Å². The number of nitrogens with two attached hydrogens (primary N) is 1. The van der Waals surface area contributed by atoms with Crippen LogP contribution < -0.4 is 5.73 Å². The predicted molar refractivity (Wildman–Crippen MR) is 54.0 cm³/mol. The first-order valence-corrected chi connectivity index (χ1v) is 4.88. The van der Waals surface area contributed by atoms with Gasteiger partial charge in [-0.3, -0.25) is 0 Å². The molecule has 0 aliphatic carbocycles. The van der Waals surface area contributed by atoms with Crippen molar-refractivity contribution in [2.24, 2.45) is 5.73 Å². The summed E-state index contributed by atoms with van der Waals surface area (Å²) in [7, 11) is 0. The van der Waals surface area contributed by atoms with Crippen LogP contribution in [-0.4, -0.2) is 16.2 Å². The Labute approximate surface area is 87.3 Å². The summed E-state index contributed by atoms with van der Waals surface area (Å²) < 4.78 is 10.2. The lowest BCUT2D eigenvalue weighted by atomic mass is 10.2. The molecule has 2 heterocycles. The van der Waals surface area contributed by atoms with Crippen molar-refractivity contribution in [1.29, 1.82) is 0 Å². The Bertz CT molecular complexity index is 406. The molecule has 0 saturated carbocycles. The largest absolute Gasteiger partial charge is 0.461 e. The van der Waals surface area contributed by atoms with Gasteiger partial charge in [0.05, 0.1) is 6.26 Å². The van der Waals surface area contributed by atoms with Crippen molar-refractivity contribution in [3.05, 3.63) is 24.3 Å². The third-order valence-electron chi connectivity index (χ3n) is 2.02. The van der Waals surface area contributed by atoms with Crippen LogP contribution in [0.1, 0.15) is 19.2 Å². The molecule has 0 aliphatic heterocycles. The zero-order valence-corrected chi connectivity index (χ0v) is 8.51. The molecule has 5 nitrogen and oxygen atoms in total. The maximum absolute atomic E-state index is 5.63. The molecule has 1 atom stereocenters. The minimum atomic E-state index is 0.143. The first-order chi connectivity index (χ1) is 7.25. The molecule has 0 spiro atoms. The van der Waals surface area contributed by atoms with Gasteiger partial charge < -0.3 is 14.7 Å². The molecule has 2 rings (SSSR count). The molecule has 2 aromatic heterocycles. The Balaban J connectivity index is 2.04. The van der Waals surface area contributed by atoms with Gasteiger partial charge in [-0.1, -0.05) is 5.16 Å². The van der Waals surface area contributed by atoms with Crippen LogP contribution >= 0.6 is 0 Å². The maximum atomic E-state index is 5.63. The molecule has 5 heteroatoms. The van der Waals surface area contributed by atoms with Crippen LogP contribution in [0.5, 0.6) is 0 Å². The smallest absolute Gasteiger partial charge is 0.238 e. The van der Waals surface area contributed by atoms with Gasteiger partial charge in [0.25, 0.3) is 0 Å². The van der Waals surface area contributed by atoms with Crippen LogP contribution in [0.4, 0.5) is 0 Å². The summed E-state index contributed by atoms with van der Waals surface area (Å²) in [5.41, 5.74) is 5.63. The Kier molecular flexibility index (Phi) is 2.82. The minimum absolute atomic E-state index is 0.143. The van der Waals surface area contributed by atoms with E-state index in [2.05, 4.69) is 10.1 Å². The van der Waals surface area contributed by atoms with Crippen molar-refractivity contribution in [3.8, 4) is 11.6 Å². The number of aromatic nitrogens is 2. The molecular weight excluding hydrogens is 194 g/mol. The Hall–Kier alpha value is -1.62. The van der Waals surface area contributed by atoms with E-state index < -0.39 is 0 Å². The highest BCUT2D eigenvalue weighted by Crippen LogP contribution is 2.16. The van der Waals surface area contributed by atoms with Crippen LogP contribution in [0.15, 0.2) is 27.3 Å². The highest BCUT2D eigenvalue weighted by Gasteiger charge is 2.10. The highest BCUT2D eigenvalue weighted by atomic mass is 16.5. The van der Waals surface area contributed by atoms with Crippen molar-refractivity contribution in [1.82, 2.24) is 10.1 Å². The lowest BCUT2D eigenvalue weighted by molar-refractivity contribution is 0.371. The van der Waals surface area contributed by atoms with Gasteiger partial charge >= 0.3 is 0 Å². The van der Waals surface area contributed by atoms with Gasteiger partial charge in [0.1, 0.15) is 0 Å². The molecule has 0 amide bonds. The maximum Gasteiger partial charge on any atom is 0.238 e. The Morgan fingerprint density at radius 1 is 1.53 bits per heavy atom. The molecule has 0 aromatic carbocycles. The summed E-state index contributed by atoms with van der Waals surface area (Å²) in [6.45, 7) is 1.95. The fourth-order valence-electron chi connectivity index (χ4n) is 1.21. The average Bonchev–Trinajstić information content (AvgIpc) is 2.85. The van der Waals surface area contributed by atoms with E-state index in [9.17, 15) is 0 Å². The zero-order chi connectivity index (χ0) is 10.7. The SMILES string of the molecule is CC(N)CCc1nc(-c2ccco2)no1. The van der Waals surface area contributed by atoms with Gasteiger partial charge in [0.15, 0.2) is 5.76 Å². The second-order valence-electron chi connectivity index (χ2n) is 3.50. The van der Waals surface area contributed by atoms with E-state index in [0.717, 1.165) is 6.42 Å². The fraction of sp³-hybridized carbons (Fsp3) is 0.400. The van der Waals surface area contributed by atoms with E-state index in [1.807, 2.05) is 6.92 Å². The number of nitrogens with zero attached hydrogens (tertiary/aromatic N) is 2. The Morgan fingerprint density at radius 3 is 3.07 bits per heavy atom. The summed E-state index contributed by atoms with van der Waals surface area (Å²) in [6.07, 6.45) is 3.11. The quantitative estimate of drug-likeness (QED) is 0.823. The van der Waals surface area contributed by atoms with Crippen molar-refractivity contribution in [2.45, 2.75) is 25.8 Å². The molecule has 2 aromatic rings. The lowest BCUT2D eigenvalue weighted by Crippen LogP contribution is -2.15. The third-order valence-corrected chi connectivity index (χ3v) is 2.02. The van der Waals surface area contributed by atoms with Gasteiger partial charge in [-0.25, -0.2) is 0 Å². The minimum Gasteiger partial charge on any atom is -0.461 e. The Morgan fingerprint density at radius 2 is 2.40 bits per heavy atom. The average molecular weight is 207 g/mol. The van der Waals surface area contributed by atoms with Gasteiger partial charge in [-0.15, -0.1) is 0 Å². The van der Waals surface area contributed by atoms with Gasteiger partial charge in [0, 0.05) is 12.5 Å². The summed E-state index contributed by atoms with van der Waals surface area (Å²) in [4.78, 5) is 4.20. The van der Waals surface area contributed by atoms with Crippen molar-refractivity contribution in [2.75, 3.05) is 0 Å². The summed E-state index contributed by atoms with van der Waals surface area (Å²) >= 11 is 0. The molecule has 0 saturated heterocycles. The highest BCUT2D eigenvalue weighted by molar-refractivity contribution is 5.44. The molecule has 0 radical (unpaired) electrons. The topological polar surface area (TPSA) is 78.1 Å². The van der Waals surface area contributed by atoms with Crippen molar-refractivity contribution < 1.29 is 8.94 Å². The molecular formula is C10H13N3O2. The zero-order valence-electron chi connectivity index (χ0n) is 8.51. The first-order valence-electron chi connectivity index (χ1n) is 4.88. The molecule has 0 aliphatic rings. The van der Waals surface area contributed by atoms with E-state index in [4.69, 9.17) is 14.7 Å². The summed E-state index contributed by atoms with van der Waals surface area (Å²) in [6, 6.07) is 3.72. The third kappa shape index (κ3) is 2.44. The monoisotopic (exact) mass is 207 g/mol. The van der Waals surface area contributed by atoms with Gasteiger partial charge in [-0.05, 0) is 25.5 Å². The normalized spacial score (nSPS) is 12.9. The molecule has 2 N–H and O–H groups in total. The number of aryl methyl sites for hydroxylation is 1. The molecule has 1 unspecified atom stereocenters. The van der Waals surface area contributed by atoms with E-state index in [0.29, 0.717) is 23.9 Å². The standard InChI is InChI=1S/C10H13N3O2/c1-7(11)4-5-9-12-10(13-15-9)8-3-2-6-14-8/h2-3,6-7H,4-5,11H2,1H3. The molecule has 0 fully saturated rings. The van der Waals surface area contributed by atoms with E-state index in [1.165, 1.54) is 0 Å². The van der Waals surface area contributed by atoms with Gasteiger partial charge in [0.2, 0.25) is 11.7 Å². The number of hydrogen-bond acceptors (Lipinski definition) is 5. The predicted octanol–water partition coefficient (Wildman–Crippen LogP) is 1.61. The molecule has 0 bridgehead atoms. The van der Waals surface area contributed by atoms with E-state index in [-0.39, 0.29) is 6.04 Å². The summed E-state index contributed by atoms with van der Waals surface area (Å²) in [5, 5.41) is 3.82. The van der Waals surface area contributed by atoms with Crippen LogP contribution in [0.2, 0.25) is 0 Å². The number of rotatable bonds is 4. The fourth-order valence-corrected chi connectivity index (χ4v) is 1.21. The summed E-state index contributed by atoms with van der Waals surface area (Å²) in [5.74, 6) is 1.70. The van der Waals surface area contributed by atoms with Crippen molar-refractivity contribution >= 4 is 0 Å². The van der Waals surface area contributed by atoms with Crippen LogP contribution in [0.25, 0.3) is 11.6 Å². The van der Waals surface area contributed by atoms with Crippen LogP contribution in [0, 0.1) is 0 Å². The van der Waals surface area contributed by atoms with E-state index >= 15 is 0 Å². The van der Waals surface area contributed by atoms with E-state index in [1.54, 1.807) is 18.4 Å². The van der Waals surface area contributed by atoms with Crippen LogP contribution in [0.3, 0.4) is 0 Å². The molecule has 15 heavy (non-hydrogen) atoms. The second kappa shape index (κ2) is 4.27. The number of hydrogen-bond donors (Lipinski definition) is 1. The molecule has 80 valence electrons. The lowest BCUT2D eigenvalue weighted by Gasteiger charge is -1.99. The second-order valence-corrected chi connectivity index (χ2v) is 3.50. The van der Waals surface area contributed by atoms with Gasteiger partial charge in [-0.2, -0.15) is 4.98 Å². The van der Waals surface area contributed by atoms with Crippen LogP contribution in [-0.2, 0) is 6.42 Å². The first kappa shape index (κ1) is 9.92. The number of furan rings is 1.